The predicted molar refractivity (Wildman–Crippen MR) is 115 cm³/mol. The van der Waals surface area contributed by atoms with Crippen molar-refractivity contribution >= 4 is 0 Å². The van der Waals surface area contributed by atoms with Crippen molar-refractivity contribution < 1.29 is 14.6 Å². The number of phenols is 1. The van der Waals surface area contributed by atoms with Gasteiger partial charge in [-0.1, -0.05) is 42.5 Å². The van der Waals surface area contributed by atoms with Crippen LogP contribution >= 0.6 is 0 Å². The van der Waals surface area contributed by atoms with Crippen LogP contribution in [-0.2, 0) is 0 Å². The SMILES string of the molecule is CN(C)CCOc1ccc(C2c3cc(O)ccc3OCC2c2ccccc2)cc1. The Hall–Kier alpha value is -2.98. The maximum Gasteiger partial charge on any atom is 0.123 e. The molecular weight excluding hydrogens is 362 g/mol. The normalized spacial score (nSPS) is 18.2. The van der Waals surface area contributed by atoms with Crippen LogP contribution in [0.1, 0.15) is 28.5 Å². The first-order valence-electron chi connectivity index (χ1n) is 10.00. The molecule has 0 fully saturated rings. The number of hydrogen-bond donors (Lipinski definition) is 1. The first kappa shape index (κ1) is 19.3. The molecule has 29 heavy (non-hydrogen) atoms. The Kier molecular flexibility index (Phi) is 5.72. The fourth-order valence-electron chi connectivity index (χ4n) is 3.92. The van der Waals surface area contributed by atoms with Crippen molar-refractivity contribution in [3.63, 3.8) is 0 Å². The van der Waals surface area contributed by atoms with Crippen molar-refractivity contribution in [2.45, 2.75) is 11.8 Å². The van der Waals surface area contributed by atoms with Crippen LogP contribution in [0, 0.1) is 0 Å². The van der Waals surface area contributed by atoms with Crippen molar-refractivity contribution in [1.82, 2.24) is 4.90 Å². The fraction of sp³-hybridized carbons (Fsp3) is 0.280. The van der Waals surface area contributed by atoms with Gasteiger partial charge in [-0.3, -0.25) is 0 Å². The largest absolute Gasteiger partial charge is 0.508 e. The molecule has 1 heterocycles. The molecule has 1 aliphatic rings. The second kappa shape index (κ2) is 8.58. The molecule has 3 aromatic carbocycles. The summed E-state index contributed by atoms with van der Waals surface area (Å²) < 4.78 is 11.9. The molecule has 0 aliphatic carbocycles. The van der Waals surface area contributed by atoms with E-state index >= 15 is 0 Å². The minimum Gasteiger partial charge on any atom is -0.508 e. The van der Waals surface area contributed by atoms with E-state index in [-0.39, 0.29) is 17.6 Å². The molecule has 4 heteroatoms. The predicted octanol–water partition coefficient (Wildman–Crippen LogP) is 4.64. The zero-order valence-corrected chi connectivity index (χ0v) is 16.9. The van der Waals surface area contributed by atoms with Crippen molar-refractivity contribution in [2.24, 2.45) is 0 Å². The summed E-state index contributed by atoms with van der Waals surface area (Å²) in [5.41, 5.74) is 3.44. The molecular formula is C25H27NO3. The Balaban J connectivity index is 1.67. The second-order valence-electron chi connectivity index (χ2n) is 7.75. The molecule has 2 atom stereocenters. The van der Waals surface area contributed by atoms with E-state index in [2.05, 4.69) is 41.3 Å². The number of nitrogens with zero attached hydrogens (tertiary/aromatic N) is 1. The monoisotopic (exact) mass is 389 g/mol. The van der Waals surface area contributed by atoms with Crippen molar-refractivity contribution in [3.8, 4) is 17.2 Å². The summed E-state index contributed by atoms with van der Waals surface area (Å²) in [7, 11) is 4.07. The lowest BCUT2D eigenvalue weighted by Gasteiger charge is -2.34. The minimum atomic E-state index is 0.101. The highest BCUT2D eigenvalue weighted by molar-refractivity contribution is 5.51. The molecule has 0 saturated carbocycles. The summed E-state index contributed by atoms with van der Waals surface area (Å²) in [6, 6.07) is 24.1. The molecule has 0 bridgehead atoms. The van der Waals surface area contributed by atoms with E-state index in [9.17, 15) is 5.11 Å². The topological polar surface area (TPSA) is 41.9 Å². The summed E-state index contributed by atoms with van der Waals surface area (Å²) >= 11 is 0. The zero-order valence-electron chi connectivity index (χ0n) is 16.9. The van der Waals surface area contributed by atoms with Gasteiger partial charge in [-0.2, -0.15) is 0 Å². The van der Waals surface area contributed by atoms with Crippen LogP contribution in [0.4, 0.5) is 0 Å². The second-order valence-corrected chi connectivity index (χ2v) is 7.75. The summed E-state index contributed by atoms with van der Waals surface area (Å²) in [5.74, 6) is 2.24. The molecule has 0 amide bonds. The zero-order chi connectivity index (χ0) is 20.2. The lowest BCUT2D eigenvalue weighted by Crippen LogP contribution is -2.25. The van der Waals surface area contributed by atoms with Gasteiger partial charge in [-0.05, 0) is 55.6 Å². The Labute approximate surface area is 172 Å². The minimum absolute atomic E-state index is 0.101. The Morgan fingerprint density at radius 1 is 0.966 bits per heavy atom. The Morgan fingerprint density at radius 3 is 2.45 bits per heavy atom. The average molecular weight is 389 g/mol. The number of benzene rings is 3. The highest BCUT2D eigenvalue weighted by Gasteiger charge is 2.33. The number of likely N-dealkylation sites (N-methyl/N-ethyl adjacent to an activating group) is 1. The van der Waals surface area contributed by atoms with Crippen molar-refractivity contribution in [3.05, 3.63) is 89.5 Å². The van der Waals surface area contributed by atoms with Gasteiger partial charge in [0.2, 0.25) is 0 Å². The lowest BCUT2D eigenvalue weighted by molar-refractivity contribution is 0.248. The number of ether oxygens (including phenoxy) is 2. The van der Waals surface area contributed by atoms with Crippen molar-refractivity contribution in [2.75, 3.05) is 33.9 Å². The lowest BCUT2D eigenvalue weighted by atomic mass is 9.76. The maximum absolute atomic E-state index is 10.1. The van der Waals surface area contributed by atoms with E-state index in [1.165, 1.54) is 11.1 Å². The number of fused-ring (bicyclic) bond motifs is 1. The number of rotatable bonds is 6. The molecule has 150 valence electrons. The van der Waals surface area contributed by atoms with Crippen LogP contribution in [0.2, 0.25) is 0 Å². The van der Waals surface area contributed by atoms with Crippen LogP contribution < -0.4 is 9.47 Å². The van der Waals surface area contributed by atoms with E-state index in [1.54, 1.807) is 6.07 Å². The van der Waals surface area contributed by atoms with E-state index in [4.69, 9.17) is 9.47 Å². The molecule has 0 radical (unpaired) electrons. The summed E-state index contributed by atoms with van der Waals surface area (Å²) in [5, 5.41) is 10.1. The van der Waals surface area contributed by atoms with Gasteiger partial charge in [0.25, 0.3) is 0 Å². The van der Waals surface area contributed by atoms with Crippen LogP contribution in [0.15, 0.2) is 72.8 Å². The molecule has 0 aromatic heterocycles. The highest BCUT2D eigenvalue weighted by Crippen LogP contribution is 2.47. The van der Waals surface area contributed by atoms with Crippen LogP contribution in [0.3, 0.4) is 0 Å². The van der Waals surface area contributed by atoms with Gasteiger partial charge >= 0.3 is 0 Å². The first-order chi connectivity index (χ1) is 14.1. The summed E-state index contributed by atoms with van der Waals surface area (Å²) in [6.45, 7) is 2.14. The van der Waals surface area contributed by atoms with Gasteiger partial charge in [0.15, 0.2) is 0 Å². The van der Waals surface area contributed by atoms with Crippen LogP contribution in [0.5, 0.6) is 17.2 Å². The summed E-state index contributed by atoms with van der Waals surface area (Å²) in [4.78, 5) is 2.10. The number of aromatic hydroxyl groups is 1. The van der Waals surface area contributed by atoms with Gasteiger partial charge in [0.05, 0.1) is 6.61 Å². The quantitative estimate of drug-likeness (QED) is 0.667. The molecule has 0 spiro atoms. The molecule has 3 aromatic rings. The molecule has 4 rings (SSSR count). The molecule has 1 N–H and O–H groups in total. The Morgan fingerprint density at radius 2 is 1.72 bits per heavy atom. The third-order valence-corrected chi connectivity index (χ3v) is 5.42. The van der Waals surface area contributed by atoms with Crippen LogP contribution in [0.25, 0.3) is 0 Å². The average Bonchev–Trinajstić information content (AvgIpc) is 2.74. The van der Waals surface area contributed by atoms with Crippen LogP contribution in [-0.4, -0.2) is 43.9 Å². The van der Waals surface area contributed by atoms with Gasteiger partial charge in [0, 0.05) is 23.9 Å². The Bertz CT molecular complexity index is 938. The summed E-state index contributed by atoms with van der Waals surface area (Å²) in [6.07, 6.45) is 0. The molecule has 1 aliphatic heterocycles. The highest BCUT2D eigenvalue weighted by atomic mass is 16.5. The van der Waals surface area contributed by atoms with Gasteiger partial charge < -0.3 is 19.5 Å². The fourth-order valence-corrected chi connectivity index (χ4v) is 3.92. The smallest absolute Gasteiger partial charge is 0.123 e. The standard InChI is InChI=1S/C25H27NO3/c1-26(2)14-15-28-21-11-8-19(9-12-21)25-22-16-20(27)10-13-24(22)29-17-23(25)18-6-4-3-5-7-18/h3-13,16,23,25,27H,14-15,17H2,1-2H3. The third-order valence-electron chi connectivity index (χ3n) is 5.42. The number of phenolic OH excluding ortho intramolecular Hbond substituents is 1. The molecule has 4 nitrogen and oxygen atoms in total. The van der Waals surface area contributed by atoms with E-state index in [0.717, 1.165) is 23.6 Å². The first-order valence-corrected chi connectivity index (χ1v) is 10.00. The van der Waals surface area contributed by atoms with E-state index in [1.807, 2.05) is 44.4 Å². The number of hydrogen-bond acceptors (Lipinski definition) is 4. The molecule has 0 saturated heterocycles. The maximum atomic E-state index is 10.1. The van der Waals surface area contributed by atoms with Crippen molar-refractivity contribution in [1.29, 1.82) is 0 Å². The van der Waals surface area contributed by atoms with E-state index in [0.29, 0.717) is 13.2 Å². The third kappa shape index (κ3) is 4.38. The van der Waals surface area contributed by atoms with E-state index < -0.39 is 0 Å². The molecule has 2 unspecified atom stereocenters. The van der Waals surface area contributed by atoms with Gasteiger partial charge in [-0.25, -0.2) is 0 Å². The van der Waals surface area contributed by atoms with Gasteiger partial charge in [-0.15, -0.1) is 0 Å². The van der Waals surface area contributed by atoms with Gasteiger partial charge in [0.1, 0.15) is 23.9 Å².